The van der Waals surface area contributed by atoms with Gasteiger partial charge in [-0.15, -0.1) is 5.10 Å². The molecule has 0 aromatic carbocycles. The van der Waals surface area contributed by atoms with Crippen LogP contribution in [0.25, 0.3) is 11.4 Å². The van der Waals surface area contributed by atoms with Crippen molar-refractivity contribution in [1.29, 1.82) is 0 Å². The first kappa shape index (κ1) is 24.6. The van der Waals surface area contributed by atoms with Crippen LogP contribution < -0.4 is 5.32 Å². The van der Waals surface area contributed by atoms with E-state index in [0.717, 1.165) is 6.42 Å². The Balaban J connectivity index is 1.49. The minimum atomic E-state index is -3.04. The molecule has 0 spiro atoms. The minimum absolute atomic E-state index is 0.203. The highest BCUT2D eigenvalue weighted by Gasteiger charge is 2.49. The molecule has 0 bridgehead atoms. The third-order valence-corrected chi connectivity index (χ3v) is 6.28. The highest BCUT2D eigenvalue weighted by molar-refractivity contribution is 5.88. The second kappa shape index (κ2) is 9.60. The quantitative estimate of drug-likeness (QED) is 0.591. The number of ether oxygens (including phenoxy) is 1. The average Bonchev–Trinajstić information content (AvgIpc) is 3.42. The number of hydrogen-bond acceptors (Lipinski definition) is 6. The third kappa shape index (κ3) is 5.93. The molecule has 9 nitrogen and oxygen atoms in total. The predicted molar refractivity (Wildman–Crippen MR) is 122 cm³/mol. The first-order chi connectivity index (χ1) is 16.5. The number of pyridine rings is 1. The molecule has 35 heavy (non-hydrogen) atoms. The number of carboxylic acids is 1. The standard InChI is InChI=1S/C24H27F2N5O4/c1-13(10-15-4-5-15)35-23(34)28-21-20(29-30-31(21)3)19-9-8-16(14(2)27-19)6-7-17-11-24(25,26)12-18(17)22(32)33/h8-9,13,15,17-18H,4-5,10-12H2,1-3H3,(H,28,34)(H,32,33)/t13-,17-,18-/m1/s1. The molecule has 2 aromatic heterocycles. The fourth-order valence-electron chi connectivity index (χ4n) is 4.27. The fourth-order valence-corrected chi connectivity index (χ4v) is 4.27. The molecule has 0 unspecified atom stereocenters. The van der Waals surface area contributed by atoms with E-state index in [2.05, 4.69) is 32.5 Å². The van der Waals surface area contributed by atoms with Gasteiger partial charge >= 0.3 is 12.1 Å². The van der Waals surface area contributed by atoms with Crippen molar-refractivity contribution in [3.8, 4) is 23.2 Å². The van der Waals surface area contributed by atoms with Crippen molar-refractivity contribution in [2.75, 3.05) is 5.32 Å². The van der Waals surface area contributed by atoms with Gasteiger partial charge in [0.2, 0.25) is 5.92 Å². The topological polar surface area (TPSA) is 119 Å². The number of nitrogens with one attached hydrogen (secondary N) is 1. The largest absolute Gasteiger partial charge is 0.481 e. The van der Waals surface area contributed by atoms with Gasteiger partial charge in [0.15, 0.2) is 11.5 Å². The van der Waals surface area contributed by atoms with Gasteiger partial charge in [-0.25, -0.2) is 23.2 Å². The van der Waals surface area contributed by atoms with E-state index in [0.29, 0.717) is 34.4 Å². The summed E-state index contributed by atoms with van der Waals surface area (Å²) in [6.45, 7) is 3.55. The number of aromatic nitrogens is 4. The van der Waals surface area contributed by atoms with E-state index in [9.17, 15) is 23.5 Å². The summed E-state index contributed by atoms with van der Waals surface area (Å²) in [7, 11) is 1.63. The Morgan fingerprint density at radius 2 is 2.09 bits per heavy atom. The predicted octanol–water partition coefficient (Wildman–Crippen LogP) is 4.02. The van der Waals surface area contributed by atoms with Crippen LogP contribution in [-0.2, 0) is 16.6 Å². The molecule has 11 heteroatoms. The van der Waals surface area contributed by atoms with Crippen LogP contribution in [0.5, 0.6) is 0 Å². The molecule has 4 rings (SSSR count). The monoisotopic (exact) mass is 487 g/mol. The Labute approximate surface area is 201 Å². The summed E-state index contributed by atoms with van der Waals surface area (Å²) < 4.78 is 34.3. The van der Waals surface area contributed by atoms with E-state index < -0.39 is 42.7 Å². The van der Waals surface area contributed by atoms with Crippen LogP contribution in [0.2, 0.25) is 0 Å². The van der Waals surface area contributed by atoms with E-state index in [1.54, 1.807) is 26.1 Å². The van der Waals surface area contributed by atoms with Gasteiger partial charge in [0.1, 0.15) is 6.10 Å². The summed E-state index contributed by atoms with van der Waals surface area (Å²) in [5.74, 6) is 0.0110. The molecule has 1 amide bonds. The molecule has 0 saturated heterocycles. The van der Waals surface area contributed by atoms with Gasteiger partial charge in [0.05, 0.1) is 17.3 Å². The van der Waals surface area contributed by atoms with Crippen molar-refractivity contribution in [2.45, 2.75) is 58.0 Å². The second-order valence-corrected chi connectivity index (χ2v) is 9.34. The number of rotatable bonds is 6. The second-order valence-electron chi connectivity index (χ2n) is 9.34. The lowest BCUT2D eigenvalue weighted by Gasteiger charge is -2.14. The number of amides is 1. The van der Waals surface area contributed by atoms with Gasteiger partial charge in [0, 0.05) is 31.4 Å². The van der Waals surface area contributed by atoms with Gasteiger partial charge in [-0.3, -0.25) is 10.1 Å². The van der Waals surface area contributed by atoms with Gasteiger partial charge < -0.3 is 9.84 Å². The maximum Gasteiger partial charge on any atom is 0.413 e. The molecule has 2 fully saturated rings. The number of carboxylic acid groups (broad SMARTS) is 1. The molecule has 3 atom stereocenters. The van der Waals surface area contributed by atoms with E-state index >= 15 is 0 Å². The van der Waals surface area contributed by atoms with Crippen molar-refractivity contribution in [3.05, 3.63) is 23.4 Å². The first-order valence-electron chi connectivity index (χ1n) is 11.5. The first-order valence-corrected chi connectivity index (χ1v) is 11.5. The van der Waals surface area contributed by atoms with Crippen molar-refractivity contribution < 1.29 is 28.2 Å². The molecule has 2 aliphatic rings. The van der Waals surface area contributed by atoms with Crippen LogP contribution in [0.4, 0.5) is 19.4 Å². The maximum atomic E-state index is 13.7. The molecule has 186 valence electrons. The molecular formula is C24H27F2N5O4. The number of hydrogen-bond donors (Lipinski definition) is 2. The van der Waals surface area contributed by atoms with Gasteiger partial charge in [0.25, 0.3) is 0 Å². The summed E-state index contributed by atoms with van der Waals surface area (Å²) in [5, 5.41) is 20.0. The van der Waals surface area contributed by atoms with Crippen molar-refractivity contribution in [2.24, 2.45) is 24.8 Å². The van der Waals surface area contributed by atoms with Crippen molar-refractivity contribution in [1.82, 2.24) is 20.0 Å². The molecule has 0 aliphatic heterocycles. The Morgan fingerprint density at radius 1 is 1.34 bits per heavy atom. The lowest BCUT2D eigenvalue weighted by molar-refractivity contribution is -0.143. The summed E-state index contributed by atoms with van der Waals surface area (Å²) in [6.07, 6.45) is 1.08. The molecule has 2 saturated carbocycles. The zero-order chi connectivity index (χ0) is 25.3. The number of aryl methyl sites for hydroxylation is 2. The smallest absolute Gasteiger partial charge is 0.413 e. The Hall–Kier alpha value is -3.55. The number of carbonyl (C=O) groups is 2. The third-order valence-electron chi connectivity index (χ3n) is 6.28. The number of carbonyl (C=O) groups excluding carboxylic acids is 1. The number of halogens is 2. The lowest BCUT2D eigenvalue weighted by atomic mass is 9.96. The number of anilines is 1. The van der Waals surface area contributed by atoms with Gasteiger partial charge in [-0.05, 0) is 38.3 Å². The van der Waals surface area contributed by atoms with Crippen molar-refractivity contribution in [3.63, 3.8) is 0 Å². The van der Waals surface area contributed by atoms with Gasteiger partial charge in [-0.2, -0.15) is 0 Å². The minimum Gasteiger partial charge on any atom is -0.481 e. The van der Waals surface area contributed by atoms with E-state index in [-0.39, 0.29) is 6.10 Å². The highest BCUT2D eigenvalue weighted by Crippen LogP contribution is 2.43. The Kier molecular flexibility index (Phi) is 6.74. The zero-order valence-electron chi connectivity index (χ0n) is 19.7. The zero-order valence-corrected chi connectivity index (χ0v) is 19.7. The van der Waals surface area contributed by atoms with Crippen LogP contribution in [0, 0.1) is 36.5 Å². The highest BCUT2D eigenvalue weighted by atomic mass is 19.3. The van der Waals surface area contributed by atoms with E-state index in [1.807, 2.05) is 6.92 Å². The molecule has 2 heterocycles. The summed E-state index contributed by atoms with van der Waals surface area (Å²) >= 11 is 0. The number of aliphatic carboxylic acids is 1. The SMILES string of the molecule is Cc1nc(-c2nnn(C)c2NC(=O)O[C@H](C)CC2CC2)ccc1C#C[C@@H]1CC(F)(F)C[C@H]1C(=O)O. The van der Waals surface area contributed by atoms with Crippen LogP contribution in [0.1, 0.15) is 50.3 Å². The van der Waals surface area contributed by atoms with Crippen LogP contribution in [0.3, 0.4) is 0 Å². The molecule has 0 radical (unpaired) electrons. The summed E-state index contributed by atoms with van der Waals surface area (Å²) in [6, 6.07) is 3.28. The Morgan fingerprint density at radius 3 is 2.74 bits per heavy atom. The summed E-state index contributed by atoms with van der Waals surface area (Å²) in [5.41, 5.74) is 1.75. The Bertz CT molecular complexity index is 1200. The number of alkyl halides is 2. The maximum absolute atomic E-state index is 13.7. The van der Waals surface area contributed by atoms with Gasteiger partial charge in [-0.1, -0.05) is 29.9 Å². The molecule has 2 aliphatic carbocycles. The number of nitrogens with zero attached hydrogens (tertiary/aromatic N) is 4. The fraction of sp³-hybridized carbons (Fsp3) is 0.542. The van der Waals surface area contributed by atoms with E-state index in [4.69, 9.17) is 4.74 Å². The average molecular weight is 488 g/mol. The molecule has 2 aromatic rings. The van der Waals surface area contributed by atoms with Crippen LogP contribution in [0.15, 0.2) is 12.1 Å². The van der Waals surface area contributed by atoms with Crippen molar-refractivity contribution >= 4 is 17.9 Å². The molecule has 2 N–H and O–H groups in total. The van der Waals surface area contributed by atoms with Crippen LogP contribution >= 0.6 is 0 Å². The van der Waals surface area contributed by atoms with Crippen LogP contribution in [-0.4, -0.2) is 49.2 Å². The lowest BCUT2D eigenvalue weighted by Crippen LogP contribution is -2.22. The van der Waals surface area contributed by atoms with E-state index in [1.165, 1.54) is 17.5 Å². The summed E-state index contributed by atoms with van der Waals surface area (Å²) in [4.78, 5) is 28.2. The normalized spacial score (nSPS) is 21.6. The molecular weight excluding hydrogens is 460 g/mol.